The van der Waals surface area contributed by atoms with E-state index in [1.807, 2.05) is 60.7 Å². The Bertz CT molecular complexity index is 441. The van der Waals surface area contributed by atoms with Crippen molar-refractivity contribution in [3.63, 3.8) is 0 Å². The number of alkyl halides is 1. The highest BCUT2D eigenvalue weighted by Crippen LogP contribution is 2.44. The second-order valence-corrected chi connectivity index (χ2v) is 4.05. The van der Waals surface area contributed by atoms with Crippen LogP contribution in [0.15, 0.2) is 60.7 Å². The zero-order valence-electron chi connectivity index (χ0n) is 8.73. The van der Waals surface area contributed by atoms with Crippen LogP contribution in [0.25, 0.3) is 0 Å². The molecule has 0 bridgehead atoms. The number of hydrogen-bond acceptors (Lipinski definition) is 1. The third kappa shape index (κ3) is 1.27. The van der Waals surface area contributed by atoms with Gasteiger partial charge in [0.25, 0.3) is 0 Å². The van der Waals surface area contributed by atoms with Gasteiger partial charge in [0.1, 0.15) is 5.54 Å². The zero-order chi connectivity index (χ0) is 11.0. The largest absolute Gasteiger partial charge is 0.268 e. The van der Waals surface area contributed by atoms with Gasteiger partial charge in [-0.3, -0.25) is 5.32 Å². The van der Waals surface area contributed by atoms with Crippen LogP contribution in [0.4, 0.5) is 4.39 Å². The molecule has 1 aliphatic rings. The molecular formula is C14H12FN. The van der Waals surface area contributed by atoms with E-state index < -0.39 is 11.8 Å². The van der Waals surface area contributed by atoms with E-state index in [0.29, 0.717) is 0 Å². The Morgan fingerprint density at radius 3 is 1.50 bits per heavy atom. The number of halogens is 1. The predicted octanol–water partition coefficient (Wildman–Crippen LogP) is 2.83. The fraction of sp³-hybridized carbons (Fsp3) is 0.143. The Kier molecular flexibility index (Phi) is 2.04. The van der Waals surface area contributed by atoms with Crippen LogP contribution in [0.1, 0.15) is 11.1 Å². The summed E-state index contributed by atoms with van der Waals surface area (Å²) in [7, 11) is 0. The number of rotatable bonds is 2. The first-order valence-corrected chi connectivity index (χ1v) is 5.37. The lowest BCUT2D eigenvalue weighted by Crippen LogP contribution is -2.15. The Morgan fingerprint density at radius 2 is 1.19 bits per heavy atom. The van der Waals surface area contributed by atoms with Crippen LogP contribution in [0.3, 0.4) is 0 Å². The summed E-state index contributed by atoms with van der Waals surface area (Å²) in [5.74, 6) is 0. The normalized spacial score (nSPS) is 21.7. The highest BCUT2D eigenvalue weighted by molar-refractivity contribution is 5.45. The van der Waals surface area contributed by atoms with Crippen molar-refractivity contribution in [3.8, 4) is 0 Å². The van der Waals surface area contributed by atoms with Gasteiger partial charge in [0.15, 0.2) is 6.30 Å². The third-order valence-electron chi connectivity index (χ3n) is 3.11. The molecule has 1 atom stereocenters. The molecule has 0 saturated carbocycles. The summed E-state index contributed by atoms with van der Waals surface area (Å²) >= 11 is 0. The van der Waals surface area contributed by atoms with Crippen LogP contribution in [0.2, 0.25) is 0 Å². The average Bonchev–Trinajstić information content (AvgIpc) is 3.05. The standard InChI is InChI=1S/C14H12FN/c15-13-14(16-13,11-7-3-1-4-8-11)12-9-5-2-6-10-12/h1-10,13,16H. The van der Waals surface area contributed by atoms with E-state index in [2.05, 4.69) is 5.32 Å². The smallest absolute Gasteiger partial charge is 0.179 e. The maximum absolute atomic E-state index is 13.7. The maximum atomic E-state index is 13.7. The minimum Gasteiger partial charge on any atom is -0.268 e. The third-order valence-corrected chi connectivity index (χ3v) is 3.11. The van der Waals surface area contributed by atoms with Gasteiger partial charge in [-0.05, 0) is 11.1 Å². The molecule has 1 unspecified atom stereocenters. The van der Waals surface area contributed by atoms with E-state index in [9.17, 15) is 4.39 Å². The topological polar surface area (TPSA) is 21.9 Å². The van der Waals surface area contributed by atoms with Gasteiger partial charge in [-0.15, -0.1) is 0 Å². The summed E-state index contributed by atoms with van der Waals surface area (Å²) in [4.78, 5) is 0. The summed E-state index contributed by atoms with van der Waals surface area (Å²) in [5, 5.41) is 2.91. The summed E-state index contributed by atoms with van der Waals surface area (Å²) in [5.41, 5.74) is 1.34. The second-order valence-electron chi connectivity index (χ2n) is 4.05. The molecule has 0 aromatic heterocycles. The van der Waals surface area contributed by atoms with Crippen molar-refractivity contribution in [2.24, 2.45) is 0 Å². The average molecular weight is 213 g/mol. The highest BCUT2D eigenvalue weighted by Gasteiger charge is 2.57. The molecule has 1 fully saturated rings. The quantitative estimate of drug-likeness (QED) is 0.601. The first-order chi connectivity index (χ1) is 7.84. The van der Waals surface area contributed by atoms with Gasteiger partial charge < -0.3 is 0 Å². The van der Waals surface area contributed by atoms with Crippen molar-refractivity contribution in [1.29, 1.82) is 0 Å². The zero-order valence-corrected chi connectivity index (χ0v) is 8.73. The monoisotopic (exact) mass is 213 g/mol. The molecule has 3 rings (SSSR count). The van der Waals surface area contributed by atoms with Crippen molar-refractivity contribution in [2.75, 3.05) is 0 Å². The molecule has 2 aromatic rings. The van der Waals surface area contributed by atoms with Gasteiger partial charge in [0, 0.05) is 0 Å². The van der Waals surface area contributed by atoms with Crippen LogP contribution >= 0.6 is 0 Å². The minimum absolute atomic E-state index is 0.622. The van der Waals surface area contributed by atoms with Gasteiger partial charge >= 0.3 is 0 Å². The van der Waals surface area contributed by atoms with Crippen molar-refractivity contribution in [3.05, 3.63) is 71.8 Å². The van der Waals surface area contributed by atoms with Crippen LogP contribution in [0, 0.1) is 0 Å². The SMILES string of the molecule is FC1NC1(c1ccccc1)c1ccccc1. The molecule has 0 radical (unpaired) electrons. The van der Waals surface area contributed by atoms with E-state index in [1.54, 1.807) is 0 Å². The number of hydrogen-bond donors (Lipinski definition) is 1. The van der Waals surface area contributed by atoms with E-state index in [0.717, 1.165) is 11.1 Å². The molecule has 1 N–H and O–H groups in total. The molecule has 0 spiro atoms. The molecule has 80 valence electrons. The maximum Gasteiger partial charge on any atom is 0.179 e. The predicted molar refractivity (Wildman–Crippen MR) is 61.7 cm³/mol. The number of nitrogens with one attached hydrogen (secondary N) is 1. The van der Waals surface area contributed by atoms with Crippen molar-refractivity contribution < 1.29 is 4.39 Å². The molecule has 0 amide bonds. The lowest BCUT2D eigenvalue weighted by molar-refractivity contribution is 0.437. The van der Waals surface area contributed by atoms with Gasteiger partial charge in [-0.1, -0.05) is 60.7 Å². The summed E-state index contributed by atoms with van der Waals surface area (Å²) in [6.45, 7) is 0. The first kappa shape index (κ1) is 9.55. The highest BCUT2D eigenvalue weighted by atomic mass is 19.1. The number of benzene rings is 2. The summed E-state index contributed by atoms with van der Waals surface area (Å²) in [6.07, 6.45) is -0.989. The van der Waals surface area contributed by atoms with Gasteiger partial charge in [-0.25, -0.2) is 4.39 Å². The van der Waals surface area contributed by atoms with Gasteiger partial charge in [0.2, 0.25) is 0 Å². The molecule has 1 nitrogen and oxygen atoms in total. The Balaban J connectivity index is 2.10. The Labute approximate surface area is 93.9 Å². The Morgan fingerprint density at radius 1 is 0.812 bits per heavy atom. The lowest BCUT2D eigenvalue weighted by atomic mass is 9.91. The molecule has 1 aliphatic heterocycles. The van der Waals surface area contributed by atoms with Crippen molar-refractivity contribution in [2.45, 2.75) is 11.8 Å². The molecule has 0 aliphatic carbocycles. The molecule has 2 aromatic carbocycles. The first-order valence-electron chi connectivity index (χ1n) is 5.37. The van der Waals surface area contributed by atoms with Crippen LogP contribution in [0.5, 0.6) is 0 Å². The van der Waals surface area contributed by atoms with Gasteiger partial charge in [0.05, 0.1) is 0 Å². The molecule has 2 heteroatoms. The second kappa shape index (κ2) is 3.42. The summed E-state index contributed by atoms with van der Waals surface area (Å²) in [6, 6.07) is 19.5. The van der Waals surface area contributed by atoms with Crippen LogP contribution in [-0.4, -0.2) is 6.30 Å². The fourth-order valence-electron chi connectivity index (χ4n) is 2.19. The van der Waals surface area contributed by atoms with Crippen LogP contribution in [-0.2, 0) is 5.54 Å². The molecular weight excluding hydrogens is 201 g/mol. The molecule has 1 heterocycles. The van der Waals surface area contributed by atoms with E-state index in [4.69, 9.17) is 0 Å². The van der Waals surface area contributed by atoms with Crippen molar-refractivity contribution in [1.82, 2.24) is 5.32 Å². The van der Waals surface area contributed by atoms with Gasteiger partial charge in [-0.2, -0.15) is 0 Å². The lowest BCUT2D eigenvalue weighted by Gasteiger charge is -2.14. The van der Waals surface area contributed by atoms with Crippen LogP contribution < -0.4 is 5.32 Å². The molecule has 16 heavy (non-hydrogen) atoms. The van der Waals surface area contributed by atoms with E-state index >= 15 is 0 Å². The summed E-state index contributed by atoms with van der Waals surface area (Å²) < 4.78 is 13.7. The minimum atomic E-state index is -0.989. The fourth-order valence-corrected chi connectivity index (χ4v) is 2.19. The van der Waals surface area contributed by atoms with Crippen molar-refractivity contribution >= 4 is 0 Å². The molecule has 1 saturated heterocycles. The Hall–Kier alpha value is -1.67. The van der Waals surface area contributed by atoms with E-state index in [-0.39, 0.29) is 0 Å². The van der Waals surface area contributed by atoms with E-state index in [1.165, 1.54) is 0 Å².